The van der Waals surface area contributed by atoms with Crippen molar-refractivity contribution in [3.8, 4) is 5.75 Å². The Balaban J connectivity index is 0.000000686. The molecule has 2 aromatic carbocycles. The largest absolute Gasteiger partial charge is 0.489 e. The van der Waals surface area contributed by atoms with Crippen molar-refractivity contribution < 1.29 is 4.74 Å². The molecular formula is C16H20O. The van der Waals surface area contributed by atoms with Crippen LogP contribution in [0.1, 0.15) is 25.0 Å². The fourth-order valence-electron chi connectivity index (χ4n) is 1.45. The van der Waals surface area contributed by atoms with Crippen LogP contribution in [0.2, 0.25) is 0 Å². The molecule has 0 N–H and O–H groups in total. The molecule has 90 valence electrons. The third-order valence-electron chi connectivity index (χ3n) is 2.33. The van der Waals surface area contributed by atoms with Crippen molar-refractivity contribution in [3.05, 3.63) is 65.7 Å². The summed E-state index contributed by atoms with van der Waals surface area (Å²) in [6.07, 6.45) is 0. The van der Waals surface area contributed by atoms with Gasteiger partial charge in [0, 0.05) is 0 Å². The first-order valence-corrected chi connectivity index (χ1v) is 6.08. The summed E-state index contributed by atoms with van der Waals surface area (Å²) in [6, 6.07) is 18.3. The van der Waals surface area contributed by atoms with Crippen molar-refractivity contribution >= 4 is 0 Å². The molecular weight excluding hydrogens is 208 g/mol. The average molecular weight is 228 g/mol. The van der Waals surface area contributed by atoms with Crippen molar-refractivity contribution in [1.29, 1.82) is 0 Å². The summed E-state index contributed by atoms with van der Waals surface area (Å²) in [5, 5.41) is 0. The lowest BCUT2D eigenvalue weighted by Crippen LogP contribution is -1.96. The first-order valence-electron chi connectivity index (χ1n) is 6.08. The van der Waals surface area contributed by atoms with Crippen LogP contribution in [-0.2, 0) is 6.61 Å². The van der Waals surface area contributed by atoms with Crippen molar-refractivity contribution in [2.45, 2.75) is 27.4 Å². The van der Waals surface area contributed by atoms with Gasteiger partial charge in [0.2, 0.25) is 0 Å². The van der Waals surface area contributed by atoms with Crippen molar-refractivity contribution in [3.63, 3.8) is 0 Å². The Morgan fingerprint density at radius 2 is 1.41 bits per heavy atom. The van der Waals surface area contributed by atoms with E-state index in [1.807, 2.05) is 50.2 Å². The van der Waals surface area contributed by atoms with Gasteiger partial charge in [0.25, 0.3) is 0 Å². The maximum Gasteiger partial charge on any atom is 0.122 e. The minimum Gasteiger partial charge on any atom is -0.489 e. The maximum absolute atomic E-state index is 5.72. The first-order chi connectivity index (χ1) is 8.36. The molecule has 0 bridgehead atoms. The third kappa shape index (κ3) is 4.31. The van der Waals surface area contributed by atoms with Gasteiger partial charge in [-0.2, -0.15) is 0 Å². The zero-order valence-electron chi connectivity index (χ0n) is 10.8. The number of ether oxygens (including phenoxy) is 1. The van der Waals surface area contributed by atoms with Crippen LogP contribution in [0.15, 0.2) is 54.6 Å². The molecule has 0 aromatic heterocycles. The molecule has 0 aliphatic heterocycles. The van der Waals surface area contributed by atoms with Gasteiger partial charge in [0.05, 0.1) is 0 Å². The van der Waals surface area contributed by atoms with E-state index in [1.165, 1.54) is 11.1 Å². The molecule has 0 spiro atoms. The van der Waals surface area contributed by atoms with E-state index in [0.29, 0.717) is 6.61 Å². The fourth-order valence-corrected chi connectivity index (χ4v) is 1.45. The molecule has 0 saturated carbocycles. The van der Waals surface area contributed by atoms with Gasteiger partial charge in [-0.05, 0) is 24.1 Å². The predicted molar refractivity (Wildman–Crippen MR) is 73.3 cm³/mol. The summed E-state index contributed by atoms with van der Waals surface area (Å²) in [6.45, 7) is 6.69. The number of rotatable bonds is 3. The Labute approximate surface area is 104 Å². The van der Waals surface area contributed by atoms with Gasteiger partial charge in [-0.15, -0.1) is 0 Å². The quantitative estimate of drug-likeness (QED) is 0.746. The van der Waals surface area contributed by atoms with E-state index < -0.39 is 0 Å². The molecule has 0 saturated heterocycles. The Bertz CT molecular complexity index is 421. The highest BCUT2D eigenvalue weighted by atomic mass is 16.5. The first kappa shape index (κ1) is 13.3. The van der Waals surface area contributed by atoms with Crippen LogP contribution in [0.25, 0.3) is 0 Å². The van der Waals surface area contributed by atoms with E-state index in [4.69, 9.17) is 4.74 Å². The third-order valence-corrected chi connectivity index (χ3v) is 2.33. The monoisotopic (exact) mass is 228 g/mol. The SMILES string of the molecule is CC.Cc1ccccc1OCc1ccccc1. The summed E-state index contributed by atoms with van der Waals surface area (Å²) >= 11 is 0. The second-order valence-corrected chi connectivity index (χ2v) is 3.54. The number of hydrogen-bond donors (Lipinski definition) is 0. The van der Waals surface area contributed by atoms with E-state index >= 15 is 0 Å². The molecule has 0 heterocycles. The van der Waals surface area contributed by atoms with Crippen molar-refractivity contribution in [1.82, 2.24) is 0 Å². The van der Waals surface area contributed by atoms with Crippen LogP contribution in [-0.4, -0.2) is 0 Å². The van der Waals surface area contributed by atoms with Gasteiger partial charge in [0.15, 0.2) is 0 Å². The lowest BCUT2D eigenvalue weighted by Gasteiger charge is -2.08. The molecule has 2 aromatic rings. The van der Waals surface area contributed by atoms with Crippen LogP contribution in [0, 0.1) is 6.92 Å². The minimum atomic E-state index is 0.631. The molecule has 17 heavy (non-hydrogen) atoms. The topological polar surface area (TPSA) is 9.23 Å². The molecule has 0 aliphatic carbocycles. The second-order valence-electron chi connectivity index (χ2n) is 3.54. The highest BCUT2D eigenvalue weighted by Crippen LogP contribution is 2.17. The van der Waals surface area contributed by atoms with Gasteiger partial charge < -0.3 is 4.74 Å². The average Bonchev–Trinajstić information content (AvgIpc) is 2.41. The highest BCUT2D eigenvalue weighted by molar-refractivity contribution is 5.32. The van der Waals surface area contributed by atoms with E-state index in [-0.39, 0.29) is 0 Å². The Morgan fingerprint density at radius 3 is 2.06 bits per heavy atom. The summed E-state index contributed by atoms with van der Waals surface area (Å²) in [5.41, 5.74) is 2.37. The van der Waals surface area contributed by atoms with Gasteiger partial charge in [-0.1, -0.05) is 62.4 Å². The Hall–Kier alpha value is -1.76. The molecule has 0 amide bonds. The smallest absolute Gasteiger partial charge is 0.122 e. The Kier molecular flexibility index (Phi) is 5.87. The van der Waals surface area contributed by atoms with Crippen LogP contribution < -0.4 is 4.74 Å². The molecule has 2 rings (SSSR count). The predicted octanol–water partition coefficient (Wildman–Crippen LogP) is 4.60. The van der Waals surface area contributed by atoms with Crippen LogP contribution in [0.4, 0.5) is 0 Å². The van der Waals surface area contributed by atoms with Crippen molar-refractivity contribution in [2.75, 3.05) is 0 Å². The summed E-state index contributed by atoms with van der Waals surface area (Å²) in [4.78, 5) is 0. The van der Waals surface area contributed by atoms with E-state index in [0.717, 1.165) is 5.75 Å². The molecule has 1 nitrogen and oxygen atoms in total. The molecule has 0 atom stereocenters. The van der Waals surface area contributed by atoms with E-state index in [9.17, 15) is 0 Å². The summed E-state index contributed by atoms with van der Waals surface area (Å²) in [7, 11) is 0. The second kappa shape index (κ2) is 7.50. The number of para-hydroxylation sites is 1. The summed E-state index contributed by atoms with van der Waals surface area (Å²) < 4.78 is 5.72. The van der Waals surface area contributed by atoms with E-state index in [1.54, 1.807) is 0 Å². The number of aryl methyl sites for hydroxylation is 1. The molecule has 0 radical (unpaired) electrons. The van der Waals surface area contributed by atoms with E-state index in [2.05, 4.69) is 25.1 Å². The number of benzene rings is 2. The molecule has 0 unspecified atom stereocenters. The minimum absolute atomic E-state index is 0.631. The molecule has 0 fully saturated rings. The van der Waals surface area contributed by atoms with Crippen LogP contribution in [0.5, 0.6) is 5.75 Å². The Morgan fingerprint density at radius 1 is 0.824 bits per heavy atom. The number of hydrogen-bond acceptors (Lipinski definition) is 1. The zero-order chi connectivity index (χ0) is 12.5. The van der Waals surface area contributed by atoms with Gasteiger partial charge in [0.1, 0.15) is 12.4 Å². The van der Waals surface area contributed by atoms with Crippen molar-refractivity contribution in [2.24, 2.45) is 0 Å². The molecule has 1 heteroatoms. The zero-order valence-corrected chi connectivity index (χ0v) is 10.8. The fraction of sp³-hybridized carbons (Fsp3) is 0.250. The van der Waals surface area contributed by atoms with Gasteiger partial charge >= 0.3 is 0 Å². The molecule has 0 aliphatic rings. The standard InChI is InChI=1S/C14H14O.C2H6/c1-12-7-5-6-10-14(12)15-11-13-8-3-2-4-9-13;1-2/h2-10H,11H2,1H3;1-2H3. The normalized spacial score (nSPS) is 9.12. The van der Waals surface area contributed by atoms with Gasteiger partial charge in [-0.3, -0.25) is 0 Å². The van der Waals surface area contributed by atoms with Gasteiger partial charge in [-0.25, -0.2) is 0 Å². The highest BCUT2D eigenvalue weighted by Gasteiger charge is 1.97. The summed E-state index contributed by atoms with van der Waals surface area (Å²) in [5.74, 6) is 0.960. The lowest BCUT2D eigenvalue weighted by molar-refractivity contribution is 0.304. The van der Waals surface area contributed by atoms with Crippen LogP contribution >= 0.6 is 0 Å². The maximum atomic E-state index is 5.72. The van der Waals surface area contributed by atoms with Crippen LogP contribution in [0.3, 0.4) is 0 Å². The lowest BCUT2D eigenvalue weighted by atomic mass is 10.2.